The summed E-state index contributed by atoms with van der Waals surface area (Å²) in [6, 6.07) is 5.06. The van der Waals surface area contributed by atoms with Crippen molar-refractivity contribution in [3.63, 3.8) is 0 Å². The van der Waals surface area contributed by atoms with Gasteiger partial charge in [-0.05, 0) is 18.2 Å². The van der Waals surface area contributed by atoms with E-state index in [1.54, 1.807) is 0 Å². The number of methoxy groups -OCH3 is 1. The van der Waals surface area contributed by atoms with Crippen molar-refractivity contribution in [2.75, 3.05) is 7.11 Å². The van der Waals surface area contributed by atoms with Crippen molar-refractivity contribution in [1.82, 2.24) is 0 Å². The van der Waals surface area contributed by atoms with Crippen molar-refractivity contribution in [2.24, 2.45) is 0 Å². The number of benzene rings is 1. The summed E-state index contributed by atoms with van der Waals surface area (Å²) < 4.78 is 62.8. The quantitative estimate of drug-likeness (QED) is 0.790. The van der Waals surface area contributed by atoms with Gasteiger partial charge in [0.15, 0.2) is 0 Å². The molecular formula is C8H6F3O3S. The first-order valence-electron chi connectivity index (χ1n) is 3.66. The van der Waals surface area contributed by atoms with Crippen molar-refractivity contribution >= 4 is 9.84 Å². The minimum absolute atomic E-state index is 0.0691. The van der Waals surface area contributed by atoms with Crippen LogP contribution < -0.4 is 4.74 Å². The number of hydrogen-bond donors (Lipinski definition) is 0. The maximum Gasteiger partial charge on any atom is 0.501 e. The van der Waals surface area contributed by atoms with Crippen LogP contribution >= 0.6 is 0 Å². The molecule has 1 radical (unpaired) electrons. The lowest BCUT2D eigenvalue weighted by molar-refractivity contribution is -0.0436. The summed E-state index contributed by atoms with van der Waals surface area (Å²) in [6.45, 7) is 0. The molecule has 0 aliphatic rings. The van der Waals surface area contributed by atoms with Gasteiger partial charge in [-0.1, -0.05) is 0 Å². The average Bonchev–Trinajstić information content (AvgIpc) is 2.16. The zero-order valence-corrected chi connectivity index (χ0v) is 8.32. The van der Waals surface area contributed by atoms with E-state index in [4.69, 9.17) is 0 Å². The second-order valence-electron chi connectivity index (χ2n) is 2.54. The van der Waals surface area contributed by atoms with E-state index in [1.165, 1.54) is 7.11 Å². The standard InChI is InChI=1S/C8H6F3O3S/c1-14-6-3-2-4-7(5-6)15(12,13)8(9,10)11/h2,4-5H,1H3. The van der Waals surface area contributed by atoms with Crippen molar-refractivity contribution in [2.45, 2.75) is 10.4 Å². The summed E-state index contributed by atoms with van der Waals surface area (Å²) in [5.74, 6) is -0.0691. The molecule has 0 bridgehead atoms. The van der Waals surface area contributed by atoms with Gasteiger partial charge in [0.1, 0.15) is 5.75 Å². The van der Waals surface area contributed by atoms with Crippen molar-refractivity contribution < 1.29 is 26.3 Å². The second kappa shape index (κ2) is 3.73. The van der Waals surface area contributed by atoms with E-state index in [0.717, 1.165) is 18.2 Å². The van der Waals surface area contributed by atoms with E-state index >= 15 is 0 Å². The van der Waals surface area contributed by atoms with E-state index in [0.29, 0.717) is 0 Å². The molecule has 1 rings (SSSR count). The average molecular weight is 239 g/mol. The fourth-order valence-electron chi connectivity index (χ4n) is 0.844. The van der Waals surface area contributed by atoms with Crippen LogP contribution in [-0.2, 0) is 9.84 Å². The Bertz CT molecular complexity index is 450. The second-order valence-corrected chi connectivity index (χ2v) is 4.48. The maximum absolute atomic E-state index is 12.1. The predicted molar refractivity (Wildman–Crippen MR) is 45.1 cm³/mol. The lowest BCUT2D eigenvalue weighted by Crippen LogP contribution is -2.23. The molecule has 1 aromatic rings. The Balaban J connectivity index is 3.29. The third-order valence-electron chi connectivity index (χ3n) is 1.58. The molecule has 0 amide bonds. The highest BCUT2D eigenvalue weighted by Crippen LogP contribution is 2.31. The van der Waals surface area contributed by atoms with E-state index in [1.807, 2.05) is 0 Å². The van der Waals surface area contributed by atoms with Gasteiger partial charge < -0.3 is 4.74 Å². The molecule has 15 heavy (non-hydrogen) atoms. The van der Waals surface area contributed by atoms with Crippen LogP contribution in [-0.4, -0.2) is 21.0 Å². The largest absolute Gasteiger partial charge is 0.501 e. The molecule has 0 atom stereocenters. The molecule has 7 heteroatoms. The molecule has 0 spiro atoms. The van der Waals surface area contributed by atoms with Crippen LogP contribution in [0.3, 0.4) is 0 Å². The van der Waals surface area contributed by atoms with Gasteiger partial charge in [-0.15, -0.1) is 0 Å². The normalized spacial score (nSPS) is 12.5. The van der Waals surface area contributed by atoms with E-state index in [-0.39, 0.29) is 5.75 Å². The van der Waals surface area contributed by atoms with Crippen LogP contribution in [0.15, 0.2) is 23.1 Å². The molecule has 0 aliphatic heterocycles. The van der Waals surface area contributed by atoms with Crippen molar-refractivity contribution in [3.8, 4) is 5.75 Å². The van der Waals surface area contributed by atoms with E-state index in [9.17, 15) is 21.6 Å². The molecule has 0 aliphatic carbocycles. The van der Waals surface area contributed by atoms with Crippen LogP contribution in [0.1, 0.15) is 0 Å². The van der Waals surface area contributed by atoms with Gasteiger partial charge in [0.2, 0.25) is 0 Å². The van der Waals surface area contributed by atoms with Gasteiger partial charge >= 0.3 is 5.51 Å². The lowest BCUT2D eigenvalue weighted by atomic mass is 10.3. The molecule has 0 saturated heterocycles. The number of hydrogen-bond acceptors (Lipinski definition) is 3. The summed E-state index contributed by atoms with van der Waals surface area (Å²) in [6.07, 6.45) is 0. The van der Waals surface area contributed by atoms with E-state index < -0.39 is 20.2 Å². The first kappa shape index (κ1) is 11.8. The Morgan fingerprint density at radius 2 is 2.00 bits per heavy atom. The number of halogens is 3. The highest BCUT2D eigenvalue weighted by Gasteiger charge is 2.46. The van der Waals surface area contributed by atoms with E-state index in [2.05, 4.69) is 10.8 Å². The third-order valence-corrected chi connectivity index (χ3v) is 3.07. The Morgan fingerprint density at radius 1 is 1.40 bits per heavy atom. The fraction of sp³-hybridized carbons (Fsp3) is 0.250. The van der Waals surface area contributed by atoms with Crippen LogP contribution in [0.4, 0.5) is 13.2 Å². The molecule has 3 nitrogen and oxygen atoms in total. The molecule has 1 aromatic carbocycles. The Labute approximate surface area is 84.4 Å². The summed E-state index contributed by atoms with van der Waals surface area (Å²) in [5, 5.41) is 0. The fourth-order valence-corrected chi connectivity index (χ4v) is 1.62. The third kappa shape index (κ3) is 2.23. The minimum Gasteiger partial charge on any atom is -0.496 e. The van der Waals surface area contributed by atoms with Crippen molar-refractivity contribution in [1.29, 1.82) is 0 Å². The zero-order valence-electron chi connectivity index (χ0n) is 7.50. The summed E-state index contributed by atoms with van der Waals surface area (Å²) in [5.41, 5.74) is -5.31. The lowest BCUT2D eigenvalue weighted by Gasteiger charge is -2.08. The maximum atomic E-state index is 12.1. The predicted octanol–water partition coefficient (Wildman–Crippen LogP) is 1.79. The Hall–Kier alpha value is -1.24. The highest BCUT2D eigenvalue weighted by molar-refractivity contribution is 7.92. The van der Waals surface area contributed by atoms with Crippen LogP contribution in [0.5, 0.6) is 5.75 Å². The molecule has 0 fully saturated rings. The molecular weight excluding hydrogens is 233 g/mol. The van der Waals surface area contributed by atoms with Crippen LogP contribution in [0.2, 0.25) is 0 Å². The molecule has 0 unspecified atom stereocenters. The van der Waals surface area contributed by atoms with Gasteiger partial charge in [-0.2, -0.15) is 13.2 Å². The SMILES string of the molecule is COc1[c]ccc(S(=O)(=O)C(F)(F)F)c1. The van der Waals surface area contributed by atoms with Gasteiger partial charge in [-0.3, -0.25) is 0 Å². The number of ether oxygens (including phenoxy) is 1. The Kier molecular flexibility index (Phi) is 2.94. The molecule has 0 saturated carbocycles. The van der Waals surface area contributed by atoms with Crippen molar-refractivity contribution in [3.05, 3.63) is 24.3 Å². The molecule has 0 heterocycles. The Morgan fingerprint density at radius 3 is 2.47 bits per heavy atom. The number of sulfone groups is 1. The minimum atomic E-state index is -5.31. The van der Waals surface area contributed by atoms with Gasteiger partial charge in [0, 0.05) is 6.07 Å². The highest BCUT2D eigenvalue weighted by atomic mass is 32.2. The van der Waals surface area contributed by atoms with Gasteiger partial charge in [0.25, 0.3) is 9.84 Å². The molecule has 0 N–H and O–H groups in total. The summed E-state index contributed by atoms with van der Waals surface area (Å²) in [4.78, 5) is -0.856. The topological polar surface area (TPSA) is 43.4 Å². The van der Waals surface area contributed by atoms with Gasteiger partial charge in [-0.25, -0.2) is 8.42 Å². The molecule has 0 aromatic heterocycles. The zero-order chi connectivity index (χ0) is 11.7. The first-order chi connectivity index (χ1) is 6.79. The number of rotatable bonds is 2. The van der Waals surface area contributed by atoms with Crippen LogP contribution in [0.25, 0.3) is 0 Å². The molecule has 83 valence electrons. The monoisotopic (exact) mass is 239 g/mol. The van der Waals surface area contributed by atoms with Crippen LogP contribution in [0, 0.1) is 6.07 Å². The number of alkyl halides is 3. The summed E-state index contributed by atoms with van der Waals surface area (Å²) >= 11 is 0. The summed E-state index contributed by atoms with van der Waals surface area (Å²) in [7, 11) is -4.10. The smallest absolute Gasteiger partial charge is 0.496 e. The van der Waals surface area contributed by atoms with Gasteiger partial charge in [0.05, 0.1) is 12.0 Å². The first-order valence-corrected chi connectivity index (χ1v) is 5.14.